The van der Waals surface area contributed by atoms with Crippen LogP contribution >= 0.6 is 0 Å². The summed E-state index contributed by atoms with van der Waals surface area (Å²) in [7, 11) is 0. The van der Waals surface area contributed by atoms with Crippen LogP contribution in [0.2, 0.25) is 0 Å². The summed E-state index contributed by atoms with van der Waals surface area (Å²) in [4.78, 5) is 34.1. The Morgan fingerprint density at radius 1 is 1.15 bits per heavy atom. The van der Waals surface area contributed by atoms with Crippen molar-refractivity contribution in [2.45, 2.75) is 25.8 Å². The lowest BCUT2D eigenvalue weighted by Gasteiger charge is -2.30. The SMILES string of the molecule is CCCCOc1ccc(C(O)=C2C(=O)C(=O)N(CCN3CCOCC3)[C@H]2c2cccnc2)cc1. The average molecular weight is 466 g/mol. The lowest BCUT2D eigenvalue weighted by atomic mass is 9.96. The quantitative estimate of drug-likeness (QED) is 0.263. The van der Waals surface area contributed by atoms with Crippen molar-refractivity contribution in [3.8, 4) is 5.75 Å². The van der Waals surface area contributed by atoms with Crippen molar-refractivity contribution >= 4 is 17.4 Å². The smallest absolute Gasteiger partial charge is 0.295 e. The first-order valence-electron chi connectivity index (χ1n) is 11.8. The van der Waals surface area contributed by atoms with Crippen LogP contribution in [0.5, 0.6) is 5.75 Å². The van der Waals surface area contributed by atoms with E-state index in [1.807, 2.05) is 6.07 Å². The molecule has 2 saturated heterocycles. The summed E-state index contributed by atoms with van der Waals surface area (Å²) >= 11 is 0. The molecule has 0 radical (unpaired) electrons. The molecule has 8 heteroatoms. The molecule has 2 fully saturated rings. The summed E-state index contributed by atoms with van der Waals surface area (Å²) in [6, 6.07) is 9.82. The number of rotatable bonds is 9. The minimum atomic E-state index is -0.699. The molecule has 1 N–H and O–H groups in total. The number of Topliss-reactive ketones (excluding diaryl/α,β-unsaturated/α-hetero) is 1. The van der Waals surface area contributed by atoms with Gasteiger partial charge in [-0.2, -0.15) is 0 Å². The van der Waals surface area contributed by atoms with Gasteiger partial charge < -0.3 is 19.5 Å². The predicted octanol–water partition coefficient (Wildman–Crippen LogP) is 3.01. The molecule has 180 valence electrons. The van der Waals surface area contributed by atoms with Crippen molar-refractivity contribution in [1.29, 1.82) is 0 Å². The number of amides is 1. The highest BCUT2D eigenvalue weighted by Gasteiger charge is 2.46. The van der Waals surface area contributed by atoms with E-state index in [-0.39, 0.29) is 11.3 Å². The summed E-state index contributed by atoms with van der Waals surface area (Å²) in [6.07, 6.45) is 5.27. The standard InChI is InChI=1S/C26H31N3O5/c1-2-3-15-34-21-8-6-19(7-9-21)24(30)22-23(20-5-4-10-27-18-20)29(26(32)25(22)31)12-11-28-13-16-33-17-14-28/h4-10,18,23,30H,2-3,11-17H2,1H3/t23-/m0/s1. The third-order valence-corrected chi connectivity index (χ3v) is 6.20. The Morgan fingerprint density at radius 2 is 1.91 bits per heavy atom. The monoisotopic (exact) mass is 465 g/mol. The highest BCUT2D eigenvalue weighted by atomic mass is 16.5. The molecule has 0 aliphatic carbocycles. The molecule has 0 saturated carbocycles. The second-order valence-corrected chi connectivity index (χ2v) is 8.46. The van der Waals surface area contributed by atoms with Crippen LogP contribution < -0.4 is 4.74 Å². The van der Waals surface area contributed by atoms with Gasteiger partial charge in [-0.1, -0.05) is 19.4 Å². The van der Waals surface area contributed by atoms with E-state index in [2.05, 4.69) is 16.8 Å². The fourth-order valence-electron chi connectivity index (χ4n) is 4.27. The van der Waals surface area contributed by atoms with Gasteiger partial charge in [0, 0.05) is 44.1 Å². The van der Waals surface area contributed by atoms with Crippen LogP contribution in [-0.4, -0.2) is 77.6 Å². The second-order valence-electron chi connectivity index (χ2n) is 8.46. The van der Waals surface area contributed by atoms with Gasteiger partial charge in [0.15, 0.2) is 0 Å². The van der Waals surface area contributed by atoms with Crippen molar-refractivity contribution in [3.05, 3.63) is 65.5 Å². The van der Waals surface area contributed by atoms with E-state index in [1.165, 1.54) is 0 Å². The van der Waals surface area contributed by atoms with Crippen molar-refractivity contribution in [1.82, 2.24) is 14.8 Å². The zero-order chi connectivity index (χ0) is 23.9. The fourth-order valence-corrected chi connectivity index (χ4v) is 4.27. The Hall–Kier alpha value is -3.23. The molecule has 4 rings (SSSR count). The highest BCUT2D eigenvalue weighted by molar-refractivity contribution is 6.46. The van der Waals surface area contributed by atoms with Gasteiger partial charge in [-0.15, -0.1) is 0 Å². The van der Waals surface area contributed by atoms with E-state index >= 15 is 0 Å². The maximum Gasteiger partial charge on any atom is 0.295 e. The van der Waals surface area contributed by atoms with Gasteiger partial charge in [0.05, 0.1) is 31.4 Å². The molecule has 1 aromatic heterocycles. The molecule has 8 nitrogen and oxygen atoms in total. The molecule has 0 bridgehead atoms. The van der Waals surface area contributed by atoms with Crippen molar-refractivity contribution in [2.24, 2.45) is 0 Å². The largest absolute Gasteiger partial charge is 0.507 e. The maximum absolute atomic E-state index is 13.1. The summed E-state index contributed by atoms with van der Waals surface area (Å²) in [5.74, 6) is -0.791. The van der Waals surface area contributed by atoms with Crippen LogP contribution in [0.25, 0.3) is 5.76 Å². The lowest BCUT2D eigenvalue weighted by Crippen LogP contribution is -2.42. The van der Waals surface area contributed by atoms with Crippen LogP contribution in [0.15, 0.2) is 54.4 Å². The van der Waals surface area contributed by atoms with E-state index < -0.39 is 17.7 Å². The number of carbonyl (C=O) groups is 2. The van der Waals surface area contributed by atoms with Crippen LogP contribution in [-0.2, 0) is 14.3 Å². The van der Waals surface area contributed by atoms with Gasteiger partial charge in [0.1, 0.15) is 11.5 Å². The molecule has 1 aromatic carbocycles. The third kappa shape index (κ3) is 5.29. The number of nitrogens with zero attached hydrogens (tertiary/aromatic N) is 3. The zero-order valence-corrected chi connectivity index (χ0v) is 19.5. The van der Waals surface area contributed by atoms with Gasteiger partial charge in [-0.05, 0) is 42.3 Å². The van der Waals surface area contributed by atoms with Crippen LogP contribution in [0.1, 0.15) is 36.9 Å². The minimum absolute atomic E-state index is 0.0830. The second kappa shape index (κ2) is 11.3. The summed E-state index contributed by atoms with van der Waals surface area (Å²) < 4.78 is 11.1. The number of morpholine rings is 1. The van der Waals surface area contributed by atoms with Crippen LogP contribution in [0, 0.1) is 0 Å². The Balaban J connectivity index is 1.63. The van der Waals surface area contributed by atoms with E-state index in [4.69, 9.17) is 9.47 Å². The highest BCUT2D eigenvalue weighted by Crippen LogP contribution is 2.39. The molecule has 0 spiro atoms. The Kier molecular flexibility index (Phi) is 7.92. The van der Waals surface area contributed by atoms with E-state index in [0.717, 1.165) is 25.9 Å². The number of likely N-dealkylation sites (tertiary alicyclic amines) is 1. The fraction of sp³-hybridized carbons (Fsp3) is 0.423. The molecule has 2 aliphatic rings. The first-order chi connectivity index (χ1) is 16.6. The number of ketones is 1. The number of aliphatic hydroxyl groups excluding tert-OH is 1. The van der Waals surface area contributed by atoms with Crippen molar-refractivity contribution < 1.29 is 24.2 Å². The minimum Gasteiger partial charge on any atom is -0.507 e. The maximum atomic E-state index is 13.1. The number of ether oxygens (including phenoxy) is 2. The number of aromatic nitrogens is 1. The van der Waals surface area contributed by atoms with Gasteiger partial charge in [-0.3, -0.25) is 19.5 Å². The molecule has 1 amide bonds. The van der Waals surface area contributed by atoms with E-state index in [1.54, 1.807) is 47.6 Å². The number of pyridine rings is 1. The molecule has 1 atom stereocenters. The molecule has 34 heavy (non-hydrogen) atoms. The van der Waals surface area contributed by atoms with Gasteiger partial charge in [0.25, 0.3) is 11.7 Å². The number of aliphatic hydroxyl groups is 1. The molecular weight excluding hydrogens is 434 g/mol. The average Bonchev–Trinajstić information content (AvgIpc) is 3.13. The first kappa shape index (κ1) is 23.9. The summed E-state index contributed by atoms with van der Waals surface area (Å²) in [6.45, 7) is 6.59. The Bertz CT molecular complexity index is 1020. The number of carbonyl (C=O) groups excluding carboxylic acids is 2. The van der Waals surface area contributed by atoms with E-state index in [9.17, 15) is 14.7 Å². The normalized spacial score (nSPS) is 20.6. The number of hydrogen-bond donors (Lipinski definition) is 1. The van der Waals surface area contributed by atoms with Crippen molar-refractivity contribution in [3.63, 3.8) is 0 Å². The summed E-state index contributed by atoms with van der Waals surface area (Å²) in [5, 5.41) is 11.2. The number of benzene rings is 1. The van der Waals surface area contributed by atoms with Crippen LogP contribution in [0.4, 0.5) is 0 Å². The topological polar surface area (TPSA) is 92.2 Å². The molecule has 0 unspecified atom stereocenters. The van der Waals surface area contributed by atoms with Gasteiger partial charge >= 0.3 is 0 Å². The Labute approximate surface area is 199 Å². The van der Waals surface area contributed by atoms with Gasteiger partial charge in [0.2, 0.25) is 0 Å². The van der Waals surface area contributed by atoms with Crippen molar-refractivity contribution in [2.75, 3.05) is 46.0 Å². The van der Waals surface area contributed by atoms with E-state index in [0.29, 0.717) is 49.8 Å². The molecular formula is C26H31N3O5. The zero-order valence-electron chi connectivity index (χ0n) is 19.5. The molecule has 3 heterocycles. The first-order valence-corrected chi connectivity index (χ1v) is 11.8. The molecule has 2 aliphatic heterocycles. The Morgan fingerprint density at radius 3 is 2.59 bits per heavy atom. The third-order valence-electron chi connectivity index (χ3n) is 6.20. The molecule has 2 aromatic rings. The van der Waals surface area contributed by atoms with Gasteiger partial charge in [-0.25, -0.2) is 0 Å². The van der Waals surface area contributed by atoms with Crippen LogP contribution in [0.3, 0.4) is 0 Å². The number of unbranched alkanes of at least 4 members (excludes halogenated alkanes) is 1. The lowest BCUT2D eigenvalue weighted by molar-refractivity contribution is -0.140. The number of hydrogen-bond acceptors (Lipinski definition) is 7. The summed E-state index contributed by atoms with van der Waals surface area (Å²) in [5.41, 5.74) is 1.23. The predicted molar refractivity (Wildman–Crippen MR) is 127 cm³/mol.